The van der Waals surface area contributed by atoms with Gasteiger partial charge in [0.15, 0.2) is 0 Å². The van der Waals surface area contributed by atoms with E-state index in [9.17, 15) is 0 Å². The second-order valence-corrected chi connectivity index (χ2v) is 4.44. The highest BCUT2D eigenvalue weighted by Crippen LogP contribution is 2.15. The molecule has 0 amide bonds. The lowest BCUT2D eigenvalue weighted by atomic mass is 10.2. The summed E-state index contributed by atoms with van der Waals surface area (Å²) in [6, 6.07) is 0. The molecule has 1 aromatic heterocycles. The van der Waals surface area contributed by atoms with E-state index < -0.39 is 0 Å². The molecule has 0 bridgehead atoms. The van der Waals surface area contributed by atoms with Crippen molar-refractivity contribution >= 4 is 23.0 Å². The largest absolute Gasteiger partial charge is 0.388 e. The van der Waals surface area contributed by atoms with Gasteiger partial charge in [-0.25, -0.2) is 9.97 Å². The molecule has 0 aromatic carbocycles. The third-order valence-corrected chi connectivity index (χ3v) is 2.91. The maximum absolute atomic E-state index is 5.53. The van der Waals surface area contributed by atoms with E-state index >= 15 is 0 Å². The van der Waals surface area contributed by atoms with Gasteiger partial charge in [-0.3, -0.25) is 0 Å². The van der Waals surface area contributed by atoms with E-state index in [1.165, 1.54) is 6.42 Å². The average Bonchev–Trinajstić information content (AvgIpc) is 2.83. The van der Waals surface area contributed by atoms with Gasteiger partial charge >= 0.3 is 0 Å². The van der Waals surface area contributed by atoms with Crippen molar-refractivity contribution in [1.29, 1.82) is 0 Å². The van der Waals surface area contributed by atoms with Crippen LogP contribution in [-0.2, 0) is 4.74 Å². The first kappa shape index (κ1) is 12.2. The van der Waals surface area contributed by atoms with Crippen LogP contribution >= 0.6 is 12.2 Å². The van der Waals surface area contributed by atoms with Crippen LogP contribution in [0.2, 0.25) is 0 Å². The van der Waals surface area contributed by atoms with Crippen LogP contribution in [0.5, 0.6) is 0 Å². The van der Waals surface area contributed by atoms with Gasteiger partial charge in [-0.05, 0) is 19.3 Å². The maximum atomic E-state index is 5.53. The van der Waals surface area contributed by atoms with Gasteiger partial charge in [-0.2, -0.15) is 0 Å². The normalized spacial score (nSPS) is 19.2. The molecule has 1 aliphatic rings. The Morgan fingerprint density at radius 2 is 2.41 bits per heavy atom. The minimum Gasteiger partial charge on any atom is -0.388 e. The zero-order chi connectivity index (χ0) is 12.1. The quantitative estimate of drug-likeness (QED) is 0.764. The number of ether oxygens (including phenoxy) is 1. The van der Waals surface area contributed by atoms with Gasteiger partial charge in [0.2, 0.25) is 0 Å². The lowest BCUT2D eigenvalue weighted by Gasteiger charge is -2.10. The summed E-state index contributed by atoms with van der Waals surface area (Å²) in [7, 11) is 0. The molecule has 2 heterocycles. The van der Waals surface area contributed by atoms with Crippen LogP contribution in [0, 0.1) is 0 Å². The maximum Gasteiger partial charge on any atom is 0.144 e. The van der Waals surface area contributed by atoms with E-state index in [4.69, 9.17) is 22.7 Å². The molecule has 2 rings (SSSR count). The number of hydrogen-bond acceptors (Lipinski definition) is 5. The molecule has 1 saturated heterocycles. The fraction of sp³-hybridized carbons (Fsp3) is 0.545. The summed E-state index contributed by atoms with van der Waals surface area (Å²) in [4.78, 5) is 8.56. The Morgan fingerprint density at radius 3 is 3.00 bits per heavy atom. The van der Waals surface area contributed by atoms with E-state index in [0.29, 0.717) is 11.8 Å². The molecule has 1 fully saturated rings. The van der Waals surface area contributed by atoms with Crippen molar-refractivity contribution in [3.63, 3.8) is 0 Å². The minimum absolute atomic E-state index is 0.267. The smallest absolute Gasteiger partial charge is 0.144 e. The fourth-order valence-corrected chi connectivity index (χ4v) is 1.89. The zero-order valence-corrected chi connectivity index (χ0v) is 10.4. The molecule has 1 aliphatic heterocycles. The third-order valence-electron chi connectivity index (χ3n) is 2.70. The summed E-state index contributed by atoms with van der Waals surface area (Å²) >= 11 is 4.80. The van der Waals surface area contributed by atoms with E-state index in [1.54, 1.807) is 12.4 Å². The van der Waals surface area contributed by atoms with Crippen LogP contribution in [0.25, 0.3) is 0 Å². The lowest BCUT2D eigenvalue weighted by molar-refractivity contribution is 0.107. The van der Waals surface area contributed by atoms with Crippen molar-refractivity contribution in [2.45, 2.75) is 25.4 Å². The molecule has 5 nitrogen and oxygen atoms in total. The Bertz CT molecular complexity index is 376. The van der Waals surface area contributed by atoms with E-state index in [2.05, 4.69) is 15.3 Å². The fourth-order valence-electron chi connectivity index (χ4n) is 1.78. The van der Waals surface area contributed by atoms with Crippen LogP contribution in [-0.4, -0.2) is 34.2 Å². The first-order valence-corrected chi connectivity index (χ1v) is 6.14. The number of anilines is 1. The molecule has 0 radical (unpaired) electrons. The van der Waals surface area contributed by atoms with Crippen molar-refractivity contribution in [3.05, 3.63) is 18.1 Å². The molecule has 0 spiro atoms. The third kappa shape index (κ3) is 3.61. The highest BCUT2D eigenvalue weighted by molar-refractivity contribution is 7.80. The Kier molecular flexibility index (Phi) is 4.22. The topological polar surface area (TPSA) is 73.1 Å². The summed E-state index contributed by atoms with van der Waals surface area (Å²) in [6.45, 7) is 1.73. The van der Waals surface area contributed by atoms with Crippen molar-refractivity contribution in [1.82, 2.24) is 9.97 Å². The number of nitrogens with zero attached hydrogens (tertiary/aromatic N) is 2. The van der Waals surface area contributed by atoms with Gasteiger partial charge in [-0.1, -0.05) is 12.2 Å². The zero-order valence-electron chi connectivity index (χ0n) is 9.56. The number of hydrogen-bond donors (Lipinski definition) is 2. The van der Waals surface area contributed by atoms with Crippen LogP contribution in [0.4, 0.5) is 5.82 Å². The van der Waals surface area contributed by atoms with Crippen LogP contribution in [0.3, 0.4) is 0 Å². The Morgan fingerprint density at radius 1 is 1.53 bits per heavy atom. The van der Waals surface area contributed by atoms with Gasteiger partial charge in [0, 0.05) is 13.2 Å². The molecule has 0 aliphatic carbocycles. The van der Waals surface area contributed by atoms with Crippen molar-refractivity contribution < 1.29 is 4.74 Å². The first-order valence-electron chi connectivity index (χ1n) is 5.73. The summed E-state index contributed by atoms with van der Waals surface area (Å²) < 4.78 is 5.53. The molecule has 1 unspecified atom stereocenters. The van der Waals surface area contributed by atoms with Crippen molar-refractivity contribution in [2.75, 3.05) is 18.5 Å². The predicted octanol–water partition coefficient (Wildman–Crippen LogP) is 1.09. The number of aromatic nitrogens is 2. The van der Waals surface area contributed by atoms with Gasteiger partial charge in [-0.15, -0.1) is 0 Å². The van der Waals surface area contributed by atoms with Crippen LogP contribution in [0.15, 0.2) is 12.4 Å². The number of rotatable bonds is 5. The molecular formula is C11H16N4OS. The van der Waals surface area contributed by atoms with Crippen molar-refractivity contribution in [3.8, 4) is 0 Å². The molecular weight excluding hydrogens is 236 g/mol. The van der Waals surface area contributed by atoms with Crippen molar-refractivity contribution in [2.24, 2.45) is 5.73 Å². The molecule has 92 valence electrons. The van der Waals surface area contributed by atoms with Crippen LogP contribution in [0.1, 0.15) is 25.0 Å². The SMILES string of the molecule is NC(=S)c1cnc(NCCC2CCCO2)cn1. The average molecular weight is 252 g/mol. The van der Waals surface area contributed by atoms with Gasteiger partial charge in [0.25, 0.3) is 0 Å². The molecule has 1 aromatic rings. The first-order chi connectivity index (χ1) is 8.25. The Balaban J connectivity index is 1.76. The van der Waals surface area contributed by atoms with Crippen LogP contribution < -0.4 is 11.1 Å². The van der Waals surface area contributed by atoms with E-state index in [0.717, 1.165) is 31.8 Å². The number of nitrogens with two attached hydrogens (primary N) is 1. The monoisotopic (exact) mass is 252 g/mol. The number of thiocarbonyl (C=S) groups is 1. The standard InChI is InChI=1S/C11H16N4OS/c12-11(17)9-6-15-10(7-14-9)13-4-3-8-2-1-5-16-8/h6-8H,1-5H2,(H2,12,17)(H,13,15). The van der Waals surface area contributed by atoms with E-state index in [1.807, 2.05) is 0 Å². The highest BCUT2D eigenvalue weighted by Gasteiger charge is 2.14. The molecule has 17 heavy (non-hydrogen) atoms. The lowest BCUT2D eigenvalue weighted by Crippen LogP contribution is -2.15. The van der Waals surface area contributed by atoms with Gasteiger partial charge in [0.1, 0.15) is 16.5 Å². The molecule has 6 heteroatoms. The number of nitrogens with one attached hydrogen (secondary N) is 1. The van der Waals surface area contributed by atoms with E-state index in [-0.39, 0.29) is 4.99 Å². The van der Waals surface area contributed by atoms with Gasteiger partial charge in [0.05, 0.1) is 18.5 Å². The second-order valence-electron chi connectivity index (χ2n) is 4.00. The Labute approximate surface area is 106 Å². The minimum atomic E-state index is 0.267. The molecule has 3 N–H and O–H groups in total. The summed E-state index contributed by atoms with van der Waals surface area (Å²) in [5.41, 5.74) is 5.98. The highest BCUT2D eigenvalue weighted by atomic mass is 32.1. The summed E-state index contributed by atoms with van der Waals surface area (Å²) in [5, 5.41) is 3.20. The van der Waals surface area contributed by atoms with Gasteiger partial charge < -0.3 is 15.8 Å². The Hall–Kier alpha value is -1.27. The predicted molar refractivity (Wildman–Crippen MR) is 70.0 cm³/mol. The summed E-state index contributed by atoms with van der Waals surface area (Å²) in [6.07, 6.45) is 6.95. The second kappa shape index (κ2) is 5.88. The molecule has 0 saturated carbocycles. The summed E-state index contributed by atoms with van der Waals surface area (Å²) in [5.74, 6) is 0.739. The molecule has 1 atom stereocenters.